The molecule has 376 valence electrons. The Morgan fingerprint density at radius 3 is 1.80 bits per heavy atom. The van der Waals surface area contributed by atoms with Gasteiger partial charge >= 0.3 is 202 Å². The zero-order valence-corrected chi connectivity index (χ0v) is 44.4. The number of carbonyl (C=O) groups excluding carboxylic acids is 6. The number of nitrogens with one attached hydrogen (secondary N) is 4. The van der Waals surface area contributed by atoms with E-state index in [1.807, 2.05) is 55.2 Å². The van der Waals surface area contributed by atoms with Gasteiger partial charge < -0.3 is 34.1 Å². The Kier molecular flexibility index (Phi) is 19.3. The Balaban J connectivity index is 0.948. The van der Waals surface area contributed by atoms with Crippen LogP contribution in [0.1, 0.15) is 70.1 Å². The third-order valence-electron chi connectivity index (χ3n) is 12.3. The van der Waals surface area contributed by atoms with Gasteiger partial charge in [0.05, 0.1) is 34.2 Å². The first-order valence-electron chi connectivity index (χ1n) is 23.6. The van der Waals surface area contributed by atoms with Crippen LogP contribution in [0.15, 0.2) is 122 Å². The first-order chi connectivity index (χ1) is 34.1. The summed E-state index contributed by atoms with van der Waals surface area (Å²) in [6, 6.07) is 35.2. The minimum atomic E-state index is -2.39. The molecule has 0 saturated heterocycles. The molecule has 71 heavy (non-hydrogen) atoms. The third kappa shape index (κ3) is 14.3. The number of imidazole rings is 1. The fourth-order valence-corrected chi connectivity index (χ4v) is 14.0. The van der Waals surface area contributed by atoms with Crippen LogP contribution in [0.4, 0.5) is 17.2 Å². The monoisotopic (exact) mass is 1100 g/mol. The molecule has 0 bridgehead atoms. The molecule has 17 nitrogen and oxygen atoms in total. The van der Waals surface area contributed by atoms with Gasteiger partial charge in [-0.15, -0.1) is 0 Å². The topological polar surface area (TPSA) is 188 Å². The number of aryl methyl sites for hydroxylation is 3. The summed E-state index contributed by atoms with van der Waals surface area (Å²) < 4.78 is 6.04. The first kappa shape index (κ1) is 53.7. The van der Waals surface area contributed by atoms with Crippen LogP contribution in [0, 0.1) is 0 Å². The van der Waals surface area contributed by atoms with Crippen LogP contribution in [0.2, 0.25) is 0 Å². The number of hydrogen-bond donors (Lipinski definition) is 4. The maximum absolute atomic E-state index is 13.7. The fraction of sp³-hybridized carbons (Fsp3) is 0.327. The van der Waals surface area contributed by atoms with Crippen LogP contribution in [-0.2, 0) is 35.5 Å². The van der Waals surface area contributed by atoms with Crippen molar-refractivity contribution in [2.24, 2.45) is 21.1 Å². The van der Waals surface area contributed by atoms with Crippen molar-refractivity contribution in [2.75, 3.05) is 67.2 Å². The number of hydrogen-bond acceptors (Lipinski definition) is 8. The van der Waals surface area contributed by atoms with E-state index in [9.17, 15) is 28.8 Å². The first-order valence-corrected chi connectivity index (χ1v) is 26.8. The van der Waals surface area contributed by atoms with Gasteiger partial charge in [-0.05, 0) is 39.2 Å². The fourth-order valence-electron chi connectivity index (χ4n) is 8.57. The molecule has 0 atom stereocenters. The maximum atomic E-state index is 13.7. The van der Waals surface area contributed by atoms with Crippen LogP contribution >= 0.6 is 30.1 Å². The van der Waals surface area contributed by atoms with Gasteiger partial charge in [0, 0.05) is 60.1 Å². The second kappa shape index (κ2) is 25.5. The summed E-state index contributed by atoms with van der Waals surface area (Å²) in [7, 11) is 8.32. The minimum absolute atomic E-state index is 0.0140. The summed E-state index contributed by atoms with van der Waals surface area (Å²) in [6.07, 6.45) is 8.64. The summed E-state index contributed by atoms with van der Waals surface area (Å²) in [6.45, 7) is 1.82. The molecule has 3 aromatic heterocycles. The number of halogens is 1. The van der Waals surface area contributed by atoms with Crippen molar-refractivity contribution in [3.8, 4) is 0 Å². The van der Waals surface area contributed by atoms with Crippen molar-refractivity contribution in [1.29, 1.82) is 0 Å². The number of benzene rings is 3. The molecule has 0 spiro atoms. The molecule has 6 aromatic rings. The number of rotatable bonds is 24. The standard InChI is InChI=1S/C52H65IN11O6P/c1-59(2)30-18-31-60(3)48(67)27-29-55-50(68)43-34-39(36-62(43)5)64(53)52(70)44-33-38(35-61(44)4)56-51(69)49-58-45(37-63(49)6)57-47(66)26-28-54-46(65)25-16-17-32-71(40-19-10-7-11-20-40,41-21-12-8-13-22-41)42-23-14-9-15-24-42/h7-15,19-24,33-37,71H,16-18,25-32H2,1-6H3,(H,54,65)(H,55,68)(H,56,69)(H,57,66). The Hall–Kier alpha value is -6.63. The third-order valence-corrected chi connectivity index (χ3v) is 18.3. The minimum Gasteiger partial charge on any atom is -0.344 e. The van der Waals surface area contributed by atoms with Gasteiger partial charge in [-0.1, -0.05) is 0 Å². The van der Waals surface area contributed by atoms with Crippen molar-refractivity contribution in [2.45, 2.75) is 38.5 Å². The van der Waals surface area contributed by atoms with E-state index >= 15 is 0 Å². The van der Waals surface area contributed by atoms with Crippen LogP contribution < -0.4 is 40.3 Å². The normalized spacial score (nSPS) is 11.5. The van der Waals surface area contributed by atoms with Gasteiger partial charge in [0.2, 0.25) is 11.7 Å². The van der Waals surface area contributed by atoms with E-state index in [1.54, 1.807) is 60.7 Å². The molecule has 0 aliphatic heterocycles. The molecule has 6 amide bonds. The Morgan fingerprint density at radius 1 is 0.606 bits per heavy atom. The molecule has 0 radical (unpaired) electrons. The predicted octanol–water partition coefficient (Wildman–Crippen LogP) is 5.22. The van der Waals surface area contributed by atoms with Crippen LogP contribution in [0.3, 0.4) is 0 Å². The van der Waals surface area contributed by atoms with Crippen molar-refractivity contribution < 1.29 is 28.8 Å². The molecule has 6 rings (SSSR count). The van der Waals surface area contributed by atoms with E-state index < -0.39 is 19.1 Å². The number of anilines is 3. The van der Waals surface area contributed by atoms with E-state index in [-0.39, 0.29) is 66.9 Å². The molecule has 0 fully saturated rings. The summed E-state index contributed by atoms with van der Waals surface area (Å²) in [5, 5.41) is 15.2. The molecule has 4 N–H and O–H groups in total. The molecule has 3 heterocycles. The SMILES string of the molecule is CN(C)CCCN(C)C(=O)CCNC(=O)c1cc(N(I)C(=O)c2cc(NC(=O)c3nc(NC(=O)CCNC(=O)CCCC[PH](c4ccccc4)(c4ccccc4)c4ccccc4)cn3C)cn2C)cn1C. The molecular weight excluding hydrogens is 1030 g/mol. The van der Waals surface area contributed by atoms with E-state index in [0.29, 0.717) is 36.5 Å². The average Bonchev–Trinajstić information content (AvgIpc) is 4.06. The van der Waals surface area contributed by atoms with Gasteiger partial charge in [0.1, 0.15) is 11.4 Å². The van der Waals surface area contributed by atoms with Crippen LogP contribution in [0.5, 0.6) is 0 Å². The van der Waals surface area contributed by atoms with Crippen LogP contribution in [0.25, 0.3) is 0 Å². The van der Waals surface area contributed by atoms with Crippen LogP contribution in [-0.4, -0.2) is 117 Å². The second-order valence-electron chi connectivity index (χ2n) is 17.9. The van der Waals surface area contributed by atoms with Gasteiger partial charge in [-0.2, -0.15) is 0 Å². The molecule has 3 aromatic carbocycles. The van der Waals surface area contributed by atoms with Crippen molar-refractivity contribution in [3.63, 3.8) is 0 Å². The molecule has 0 unspecified atom stereocenters. The average molecular weight is 1100 g/mol. The summed E-state index contributed by atoms with van der Waals surface area (Å²) >= 11 is 1.87. The molecular formula is C52H65IN11O6P. The van der Waals surface area contributed by atoms with Crippen molar-refractivity contribution >= 4 is 98.7 Å². The summed E-state index contributed by atoms with van der Waals surface area (Å²) in [5.74, 6) is -1.71. The quantitative estimate of drug-likeness (QED) is 0.0275. The van der Waals surface area contributed by atoms with Crippen molar-refractivity contribution in [1.82, 2.24) is 39.1 Å². The summed E-state index contributed by atoms with van der Waals surface area (Å²) in [4.78, 5) is 86.6. The number of unbranched alkanes of at least 4 members (excludes halogenated alkanes) is 1. The van der Waals surface area contributed by atoms with Gasteiger partial charge in [-0.25, -0.2) is 3.11 Å². The number of amides is 6. The Bertz CT molecular complexity index is 2680. The molecule has 0 aliphatic carbocycles. The molecule has 19 heteroatoms. The van der Waals surface area contributed by atoms with Gasteiger partial charge in [0.15, 0.2) is 0 Å². The van der Waals surface area contributed by atoms with E-state index in [1.165, 1.54) is 35.9 Å². The van der Waals surface area contributed by atoms with Gasteiger partial charge in [-0.3, -0.25) is 19.2 Å². The smallest absolute Gasteiger partial charge is 0.344 e. The zero-order valence-electron chi connectivity index (χ0n) is 41.3. The molecule has 0 saturated carbocycles. The Morgan fingerprint density at radius 2 is 1.20 bits per heavy atom. The Labute approximate surface area is 430 Å². The van der Waals surface area contributed by atoms with E-state index in [2.05, 4.69) is 104 Å². The van der Waals surface area contributed by atoms with E-state index in [0.717, 1.165) is 25.5 Å². The van der Waals surface area contributed by atoms with Crippen molar-refractivity contribution in [3.05, 3.63) is 139 Å². The molecule has 0 aliphatic rings. The van der Waals surface area contributed by atoms with Gasteiger partial charge in [0.25, 0.3) is 17.7 Å². The summed E-state index contributed by atoms with van der Waals surface area (Å²) in [5.41, 5.74) is 1.37. The second-order valence-corrected chi connectivity index (χ2v) is 22.9. The number of nitrogens with zero attached hydrogens (tertiary/aromatic N) is 7. The zero-order chi connectivity index (χ0) is 51.1. The van der Waals surface area contributed by atoms with E-state index in [4.69, 9.17) is 0 Å². The number of aromatic nitrogens is 4. The number of carbonyl (C=O) groups is 6. The predicted molar refractivity (Wildman–Crippen MR) is 292 cm³/mol.